The lowest BCUT2D eigenvalue weighted by molar-refractivity contribution is -0.144. The molecule has 0 bridgehead atoms. The number of hydrogen-bond donors (Lipinski definition) is 5. The molecule has 3 aliphatic heterocycles. The highest BCUT2D eigenvalue weighted by molar-refractivity contribution is 6.38. The van der Waals surface area contributed by atoms with Crippen LogP contribution in [0.5, 0.6) is 5.75 Å². The fourth-order valence-electron chi connectivity index (χ4n) is 6.00. The quantitative estimate of drug-likeness (QED) is 0.220. The van der Waals surface area contributed by atoms with Crippen LogP contribution in [0.1, 0.15) is 71.8 Å². The Morgan fingerprint density at radius 1 is 1.11 bits per heavy atom. The Balaban J connectivity index is 1.41. The van der Waals surface area contributed by atoms with Crippen LogP contribution >= 0.6 is 0 Å². The number of amides is 4. The summed E-state index contributed by atoms with van der Waals surface area (Å²) in [5.41, 5.74) is 2.27. The minimum Gasteiger partial charge on any atom is -0.508 e. The molecule has 1 aromatic carbocycles. The van der Waals surface area contributed by atoms with Crippen molar-refractivity contribution < 1.29 is 43.4 Å². The van der Waals surface area contributed by atoms with Crippen LogP contribution in [0.4, 0.5) is 4.79 Å². The molecule has 256 valence electrons. The van der Waals surface area contributed by atoms with E-state index in [0.717, 1.165) is 12.8 Å². The number of rotatable bonds is 11. The van der Waals surface area contributed by atoms with Crippen molar-refractivity contribution in [2.45, 2.75) is 102 Å². The van der Waals surface area contributed by atoms with Crippen LogP contribution in [0.3, 0.4) is 0 Å². The third-order valence-corrected chi connectivity index (χ3v) is 8.77. The number of Topliss-reactive ketones (excluding diaryl/α,β-unsaturated/α-hetero) is 1. The number of ketones is 1. The number of alkyl carbamates (subject to hydrolysis) is 1. The van der Waals surface area contributed by atoms with Gasteiger partial charge in [0.05, 0.1) is 31.5 Å². The minimum absolute atomic E-state index is 0.0245. The average molecular weight is 656 g/mol. The van der Waals surface area contributed by atoms with Crippen LogP contribution in [0.25, 0.3) is 5.70 Å². The first-order valence-corrected chi connectivity index (χ1v) is 16.3. The summed E-state index contributed by atoms with van der Waals surface area (Å²) < 4.78 is 10.8. The van der Waals surface area contributed by atoms with Crippen LogP contribution in [-0.2, 0) is 33.5 Å². The standard InChI is InChI=1S/C33H45N5O9/c1-5-6-23(26(40)29(42)34-20-9-10-20)35-28(41)25-16-33(15-24(37-47-33)19-7-11-21(39)12-8-19)18-38(25)30(43)27(32(2,3)4)36-31(44)46-22-13-14-45-17-22/h7-8,11-12,15,20,22-23,25,27,37,39H,5-6,9-10,13-14,16-18H2,1-4H3,(H,34,42)(H,35,41)(H,36,44)/t22-,23-,25-,27+,33+/m0/s1. The van der Waals surface area contributed by atoms with Crippen LogP contribution in [-0.4, -0.2) is 95.2 Å². The normalized spacial score (nSPS) is 25.0. The average Bonchev–Trinajstić information content (AvgIpc) is 3.37. The number of aromatic hydroxyl groups is 1. The smallest absolute Gasteiger partial charge is 0.408 e. The first-order chi connectivity index (χ1) is 22.3. The molecule has 0 unspecified atom stereocenters. The number of phenolic OH excluding ortho intramolecular Hbond substituents is 1. The number of benzene rings is 1. The maximum atomic E-state index is 14.4. The van der Waals surface area contributed by atoms with Gasteiger partial charge in [0.2, 0.25) is 17.6 Å². The summed E-state index contributed by atoms with van der Waals surface area (Å²) in [7, 11) is 0. The van der Waals surface area contributed by atoms with Gasteiger partial charge in [0, 0.05) is 18.9 Å². The van der Waals surface area contributed by atoms with Gasteiger partial charge in [-0.3, -0.25) is 29.5 Å². The van der Waals surface area contributed by atoms with E-state index in [1.807, 2.05) is 6.92 Å². The molecule has 5 rings (SSSR count). The zero-order valence-electron chi connectivity index (χ0n) is 27.3. The number of carbonyl (C=O) groups is 5. The third kappa shape index (κ3) is 8.22. The van der Waals surface area contributed by atoms with E-state index in [0.29, 0.717) is 30.7 Å². The molecule has 1 spiro atoms. The Kier molecular flexibility index (Phi) is 10.1. The molecule has 2 saturated heterocycles. The van der Waals surface area contributed by atoms with E-state index < -0.39 is 64.8 Å². The van der Waals surface area contributed by atoms with Gasteiger partial charge in [-0.05, 0) is 60.6 Å². The monoisotopic (exact) mass is 655 g/mol. The van der Waals surface area contributed by atoms with Crippen LogP contribution in [0, 0.1) is 5.41 Å². The predicted octanol–water partition coefficient (Wildman–Crippen LogP) is 1.67. The van der Waals surface area contributed by atoms with Crippen molar-refractivity contribution in [2.24, 2.45) is 5.41 Å². The highest BCUT2D eigenvalue weighted by Gasteiger charge is 2.54. The van der Waals surface area contributed by atoms with Gasteiger partial charge in [-0.25, -0.2) is 4.79 Å². The Labute approximate surface area is 273 Å². The SMILES string of the molecule is CCC[C@H](NC(=O)[C@@H]1C[C@]2(C=C(c3ccc(O)cc3)NO2)CN1C(=O)[C@@H](NC(=O)O[C@H]1CCOC1)C(C)(C)C)C(=O)C(=O)NC1CC1. The molecule has 3 fully saturated rings. The molecule has 3 heterocycles. The molecule has 47 heavy (non-hydrogen) atoms. The van der Waals surface area contributed by atoms with E-state index in [9.17, 15) is 29.1 Å². The molecule has 1 aliphatic carbocycles. The van der Waals surface area contributed by atoms with E-state index in [-0.39, 0.29) is 37.8 Å². The van der Waals surface area contributed by atoms with Crippen molar-refractivity contribution in [3.8, 4) is 5.75 Å². The predicted molar refractivity (Wildman–Crippen MR) is 168 cm³/mol. The summed E-state index contributed by atoms with van der Waals surface area (Å²) >= 11 is 0. The van der Waals surface area contributed by atoms with Crippen molar-refractivity contribution in [2.75, 3.05) is 19.8 Å². The number of likely N-dealkylation sites (tertiary alicyclic amines) is 1. The van der Waals surface area contributed by atoms with Crippen molar-refractivity contribution in [3.63, 3.8) is 0 Å². The summed E-state index contributed by atoms with van der Waals surface area (Å²) in [6.07, 6.45) is 3.56. The number of phenols is 1. The second-order valence-corrected chi connectivity index (χ2v) is 13.9. The van der Waals surface area contributed by atoms with Crippen molar-refractivity contribution in [1.29, 1.82) is 0 Å². The Morgan fingerprint density at radius 2 is 1.83 bits per heavy atom. The Morgan fingerprint density at radius 3 is 2.45 bits per heavy atom. The Hall–Kier alpha value is -4.17. The molecule has 0 radical (unpaired) electrons. The highest BCUT2D eigenvalue weighted by Crippen LogP contribution is 2.39. The molecule has 14 nitrogen and oxygen atoms in total. The second kappa shape index (κ2) is 13.9. The molecule has 14 heteroatoms. The van der Waals surface area contributed by atoms with Crippen LogP contribution in [0.15, 0.2) is 30.3 Å². The van der Waals surface area contributed by atoms with Crippen molar-refractivity contribution in [1.82, 2.24) is 26.3 Å². The Bertz CT molecular complexity index is 1400. The highest BCUT2D eigenvalue weighted by atomic mass is 16.7. The summed E-state index contributed by atoms with van der Waals surface area (Å²) in [6.45, 7) is 7.92. The lowest BCUT2D eigenvalue weighted by Crippen LogP contribution is -2.59. The third-order valence-electron chi connectivity index (χ3n) is 8.77. The molecule has 1 aromatic rings. The second-order valence-electron chi connectivity index (χ2n) is 13.9. The molecule has 0 aromatic heterocycles. The fraction of sp³-hybridized carbons (Fsp3) is 0.606. The van der Waals surface area contributed by atoms with Gasteiger partial charge in [-0.2, -0.15) is 0 Å². The number of ether oxygens (including phenoxy) is 2. The van der Waals surface area contributed by atoms with Crippen LogP contribution in [0.2, 0.25) is 0 Å². The molecule has 5 N–H and O–H groups in total. The molecule has 4 amide bonds. The maximum absolute atomic E-state index is 14.4. The minimum atomic E-state index is -1.14. The summed E-state index contributed by atoms with van der Waals surface area (Å²) in [4.78, 5) is 74.5. The van der Waals surface area contributed by atoms with Gasteiger partial charge < -0.3 is 35.4 Å². The van der Waals surface area contributed by atoms with Crippen molar-refractivity contribution in [3.05, 3.63) is 35.9 Å². The first-order valence-electron chi connectivity index (χ1n) is 16.3. The van der Waals surface area contributed by atoms with Gasteiger partial charge in [0.25, 0.3) is 5.91 Å². The largest absolute Gasteiger partial charge is 0.508 e. The van der Waals surface area contributed by atoms with E-state index in [2.05, 4.69) is 21.4 Å². The first kappa shape index (κ1) is 34.2. The van der Waals surface area contributed by atoms with Gasteiger partial charge in [0.15, 0.2) is 0 Å². The summed E-state index contributed by atoms with van der Waals surface area (Å²) in [5.74, 6) is -2.53. The molecule has 5 atom stereocenters. The number of carbonyl (C=O) groups excluding carboxylic acids is 5. The van der Waals surface area contributed by atoms with Gasteiger partial charge in [-0.1, -0.05) is 34.1 Å². The number of hydroxylamine groups is 1. The zero-order chi connectivity index (χ0) is 33.9. The fourth-order valence-corrected chi connectivity index (χ4v) is 6.00. The van der Waals surface area contributed by atoms with Gasteiger partial charge in [0.1, 0.15) is 29.5 Å². The van der Waals surface area contributed by atoms with E-state index >= 15 is 0 Å². The lowest BCUT2D eigenvalue weighted by Gasteiger charge is -2.35. The molecule has 1 saturated carbocycles. The maximum Gasteiger partial charge on any atom is 0.408 e. The lowest BCUT2D eigenvalue weighted by atomic mass is 9.85. The number of nitrogens with zero attached hydrogens (tertiary/aromatic N) is 1. The van der Waals surface area contributed by atoms with Crippen molar-refractivity contribution >= 4 is 35.3 Å². The van der Waals surface area contributed by atoms with E-state index in [4.69, 9.17) is 14.3 Å². The van der Waals surface area contributed by atoms with Gasteiger partial charge in [-0.15, -0.1) is 0 Å². The molecule has 4 aliphatic rings. The number of nitrogens with one attached hydrogen (secondary N) is 4. The van der Waals surface area contributed by atoms with E-state index in [1.165, 1.54) is 17.0 Å². The topological polar surface area (TPSA) is 185 Å². The summed E-state index contributed by atoms with van der Waals surface area (Å²) in [6, 6.07) is 3.17. The van der Waals surface area contributed by atoms with Crippen LogP contribution < -0.4 is 21.4 Å². The van der Waals surface area contributed by atoms with Gasteiger partial charge >= 0.3 is 6.09 Å². The molecular weight excluding hydrogens is 610 g/mol. The number of hydrogen-bond acceptors (Lipinski definition) is 10. The van der Waals surface area contributed by atoms with E-state index in [1.54, 1.807) is 39.0 Å². The zero-order valence-corrected chi connectivity index (χ0v) is 27.3. The molecular formula is C33H45N5O9. The summed E-state index contributed by atoms with van der Waals surface area (Å²) in [5, 5.41) is 17.9.